The lowest BCUT2D eigenvalue weighted by Gasteiger charge is -2.10. The van der Waals surface area contributed by atoms with Crippen LogP contribution in [0.15, 0.2) is 36.4 Å². The predicted molar refractivity (Wildman–Crippen MR) is 162 cm³/mol. The Balaban J connectivity index is 0.000000230. The molecule has 0 unspecified atom stereocenters. The first-order chi connectivity index (χ1) is 20.2. The number of methoxy groups -OCH3 is 4. The second-order valence-electron chi connectivity index (χ2n) is 8.03. The van der Waals surface area contributed by atoms with E-state index in [0.717, 1.165) is 0 Å². The minimum absolute atomic E-state index is 0.186. The number of hydrogen-bond acceptors (Lipinski definition) is 14. The standard InChI is InChI=1S/2C14H16N2O4S/c2*1-4-20-13(17)11-12(21-14(15)16-11)9-7-8(18-2)5-6-10(9)19-3/h2*5-7H,4H2,1-3H3,(H2,15,16). The average molecular weight is 617 g/mol. The van der Waals surface area contributed by atoms with Crippen molar-refractivity contribution in [2.75, 3.05) is 53.1 Å². The molecule has 0 spiro atoms. The van der Waals surface area contributed by atoms with Gasteiger partial charge in [-0.2, -0.15) is 0 Å². The van der Waals surface area contributed by atoms with Crippen molar-refractivity contribution in [1.82, 2.24) is 9.97 Å². The van der Waals surface area contributed by atoms with Crippen molar-refractivity contribution in [2.45, 2.75) is 13.8 Å². The van der Waals surface area contributed by atoms with Crippen LogP contribution in [0.5, 0.6) is 23.0 Å². The van der Waals surface area contributed by atoms with E-state index in [1.54, 1.807) is 78.7 Å². The second-order valence-corrected chi connectivity index (χ2v) is 10.1. The fraction of sp³-hybridized carbons (Fsp3) is 0.286. The molecule has 0 saturated carbocycles. The lowest BCUT2D eigenvalue weighted by molar-refractivity contribution is 0.0512. The van der Waals surface area contributed by atoms with Crippen LogP contribution in [0.3, 0.4) is 0 Å². The summed E-state index contributed by atoms with van der Waals surface area (Å²) in [4.78, 5) is 33.3. The lowest BCUT2D eigenvalue weighted by Crippen LogP contribution is -2.07. The topological polar surface area (TPSA) is 167 Å². The Bertz CT molecular complexity index is 1420. The van der Waals surface area contributed by atoms with E-state index in [0.29, 0.717) is 43.9 Å². The van der Waals surface area contributed by atoms with Crippen LogP contribution in [-0.4, -0.2) is 63.6 Å². The summed E-state index contributed by atoms with van der Waals surface area (Å²) < 4.78 is 31.1. The Morgan fingerprint density at radius 3 is 1.36 bits per heavy atom. The highest BCUT2D eigenvalue weighted by atomic mass is 32.1. The predicted octanol–water partition coefficient (Wildman–Crippen LogP) is 5.17. The number of thiazole rings is 2. The molecule has 0 radical (unpaired) electrons. The molecule has 0 aliphatic carbocycles. The second kappa shape index (κ2) is 14.9. The fourth-order valence-electron chi connectivity index (χ4n) is 3.70. The van der Waals surface area contributed by atoms with Gasteiger partial charge >= 0.3 is 11.9 Å². The van der Waals surface area contributed by atoms with Gasteiger partial charge in [0.25, 0.3) is 0 Å². The number of esters is 2. The third kappa shape index (κ3) is 7.39. The van der Waals surface area contributed by atoms with Gasteiger partial charge in [-0.05, 0) is 50.2 Å². The number of benzene rings is 2. The number of hydrogen-bond donors (Lipinski definition) is 2. The van der Waals surface area contributed by atoms with E-state index in [4.69, 9.17) is 39.9 Å². The minimum atomic E-state index is -0.509. The monoisotopic (exact) mass is 616 g/mol. The number of carbonyl (C=O) groups excluding carboxylic acids is 2. The zero-order valence-corrected chi connectivity index (χ0v) is 25.6. The number of carbonyl (C=O) groups is 2. The fourth-order valence-corrected chi connectivity index (χ4v) is 5.38. The quantitative estimate of drug-likeness (QED) is 0.225. The molecule has 0 bridgehead atoms. The average Bonchev–Trinajstić information content (AvgIpc) is 3.59. The van der Waals surface area contributed by atoms with Crippen LogP contribution in [-0.2, 0) is 9.47 Å². The van der Waals surface area contributed by atoms with Crippen LogP contribution in [0.2, 0.25) is 0 Å². The van der Waals surface area contributed by atoms with E-state index < -0.39 is 11.9 Å². The molecular weight excluding hydrogens is 584 g/mol. The third-order valence-corrected chi connectivity index (χ3v) is 7.36. The van der Waals surface area contributed by atoms with E-state index in [2.05, 4.69) is 9.97 Å². The Hall–Kier alpha value is -4.56. The van der Waals surface area contributed by atoms with Gasteiger partial charge in [-0.15, -0.1) is 0 Å². The van der Waals surface area contributed by atoms with Gasteiger partial charge in [0.1, 0.15) is 23.0 Å². The van der Waals surface area contributed by atoms with Crippen LogP contribution in [0.25, 0.3) is 20.9 Å². The van der Waals surface area contributed by atoms with Gasteiger partial charge in [0.2, 0.25) is 0 Å². The molecule has 0 aliphatic heterocycles. The third-order valence-electron chi connectivity index (χ3n) is 5.53. The van der Waals surface area contributed by atoms with Gasteiger partial charge in [0.15, 0.2) is 21.7 Å². The molecule has 2 aromatic heterocycles. The van der Waals surface area contributed by atoms with E-state index in [1.165, 1.54) is 22.7 Å². The Labute approximate surface area is 251 Å². The zero-order chi connectivity index (χ0) is 30.8. The normalized spacial score (nSPS) is 10.2. The molecule has 0 atom stereocenters. The summed E-state index contributed by atoms with van der Waals surface area (Å²) in [5.41, 5.74) is 13.2. The van der Waals surface area contributed by atoms with E-state index in [9.17, 15) is 9.59 Å². The summed E-state index contributed by atoms with van der Waals surface area (Å²) >= 11 is 2.40. The van der Waals surface area contributed by atoms with Gasteiger partial charge < -0.3 is 39.9 Å². The van der Waals surface area contributed by atoms with E-state index in [-0.39, 0.29) is 34.9 Å². The molecule has 4 N–H and O–H groups in total. The van der Waals surface area contributed by atoms with Crippen molar-refractivity contribution < 1.29 is 38.0 Å². The van der Waals surface area contributed by atoms with Crippen molar-refractivity contribution in [3.8, 4) is 43.9 Å². The Kier molecular flexibility index (Phi) is 11.3. The highest BCUT2D eigenvalue weighted by molar-refractivity contribution is 7.19. The molecule has 0 fully saturated rings. The molecule has 224 valence electrons. The SMILES string of the molecule is CCOC(=O)c1nc(N)sc1-c1cc(OC)ccc1OC.CCOC(=O)c1nc(N)sc1-c1cc(OC)ccc1OC. The van der Waals surface area contributed by atoms with Crippen LogP contribution in [0.4, 0.5) is 10.3 Å². The maximum atomic E-state index is 12.0. The summed E-state index contributed by atoms with van der Waals surface area (Å²) in [5.74, 6) is 1.48. The van der Waals surface area contributed by atoms with Gasteiger partial charge in [-0.1, -0.05) is 22.7 Å². The van der Waals surface area contributed by atoms with Crippen molar-refractivity contribution in [3.63, 3.8) is 0 Å². The highest BCUT2D eigenvalue weighted by Crippen LogP contribution is 2.41. The first-order valence-corrected chi connectivity index (χ1v) is 14.2. The lowest BCUT2D eigenvalue weighted by atomic mass is 10.1. The number of nitrogens with zero attached hydrogens (tertiary/aromatic N) is 2. The summed E-state index contributed by atoms with van der Waals surface area (Å²) in [6.45, 7) is 4.01. The zero-order valence-electron chi connectivity index (χ0n) is 24.0. The number of ether oxygens (including phenoxy) is 6. The van der Waals surface area contributed by atoms with Gasteiger partial charge in [0, 0.05) is 11.1 Å². The first-order valence-electron chi connectivity index (χ1n) is 12.5. The van der Waals surface area contributed by atoms with Crippen LogP contribution >= 0.6 is 22.7 Å². The number of rotatable bonds is 10. The highest BCUT2D eigenvalue weighted by Gasteiger charge is 2.24. The number of nitrogens with two attached hydrogens (primary N) is 2. The van der Waals surface area contributed by atoms with Crippen molar-refractivity contribution in [2.24, 2.45) is 0 Å². The van der Waals surface area contributed by atoms with Crippen LogP contribution in [0.1, 0.15) is 34.8 Å². The van der Waals surface area contributed by atoms with Crippen molar-refractivity contribution >= 4 is 44.9 Å². The molecule has 14 heteroatoms. The van der Waals surface area contributed by atoms with Gasteiger partial charge in [-0.3, -0.25) is 0 Å². The Morgan fingerprint density at radius 1 is 0.667 bits per heavy atom. The molecule has 2 heterocycles. The first kappa shape index (κ1) is 32.0. The van der Waals surface area contributed by atoms with Crippen molar-refractivity contribution in [1.29, 1.82) is 0 Å². The Morgan fingerprint density at radius 2 is 1.05 bits per heavy atom. The molecule has 2 aromatic carbocycles. The van der Waals surface area contributed by atoms with E-state index >= 15 is 0 Å². The van der Waals surface area contributed by atoms with E-state index in [1.807, 2.05) is 0 Å². The van der Waals surface area contributed by atoms with Crippen LogP contribution in [0, 0.1) is 0 Å². The van der Waals surface area contributed by atoms with Crippen molar-refractivity contribution in [3.05, 3.63) is 47.8 Å². The summed E-state index contributed by atoms with van der Waals surface area (Å²) in [6.07, 6.45) is 0. The molecule has 0 saturated heterocycles. The molecular formula is C28H32N4O8S2. The number of aromatic nitrogens is 2. The number of anilines is 2. The molecule has 4 rings (SSSR count). The van der Waals surface area contributed by atoms with Gasteiger partial charge in [0.05, 0.1) is 51.4 Å². The number of nitrogen functional groups attached to an aromatic ring is 2. The molecule has 0 amide bonds. The summed E-state index contributed by atoms with van der Waals surface area (Å²) in [6, 6.07) is 10.6. The molecule has 0 aliphatic rings. The minimum Gasteiger partial charge on any atom is -0.497 e. The summed E-state index contributed by atoms with van der Waals surface area (Å²) in [5, 5.41) is 0.579. The maximum absolute atomic E-state index is 12.0. The maximum Gasteiger partial charge on any atom is 0.358 e. The molecule has 42 heavy (non-hydrogen) atoms. The summed E-state index contributed by atoms with van der Waals surface area (Å²) in [7, 11) is 6.25. The molecule has 4 aromatic rings. The van der Waals surface area contributed by atoms with Crippen LogP contribution < -0.4 is 30.4 Å². The van der Waals surface area contributed by atoms with Gasteiger partial charge in [-0.25, -0.2) is 19.6 Å². The molecule has 12 nitrogen and oxygen atoms in total. The largest absolute Gasteiger partial charge is 0.497 e. The smallest absolute Gasteiger partial charge is 0.358 e.